The molecule has 142 valence electrons. The Morgan fingerprint density at radius 2 is 1.86 bits per heavy atom. The number of methoxy groups -OCH3 is 1. The highest BCUT2D eigenvalue weighted by Gasteiger charge is 2.21. The SMILES string of the molecule is COc1c(C)cnc(CN(C)C(=O)c2ccc3c(c2)Cc2ccccc2-3)c1C. The summed E-state index contributed by atoms with van der Waals surface area (Å²) in [5, 5.41) is 0. The van der Waals surface area contributed by atoms with Crippen LogP contribution in [-0.2, 0) is 13.0 Å². The van der Waals surface area contributed by atoms with E-state index in [4.69, 9.17) is 4.74 Å². The van der Waals surface area contributed by atoms with Crippen molar-refractivity contribution in [3.05, 3.63) is 82.2 Å². The molecule has 28 heavy (non-hydrogen) atoms. The normalized spacial score (nSPS) is 11.7. The highest BCUT2D eigenvalue weighted by Crippen LogP contribution is 2.36. The van der Waals surface area contributed by atoms with Crippen LogP contribution in [0.15, 0.2) is 48.7 Å². The molecule has 0 saturated carbocycles. The van der Waals surface area contributed by atoms with Crippen molar-refractivity contribution in [3.8, 4) is 16.9 Å². The number of carbonyl (C=O) groups is 1. The van der Waals surface area contributed by atoms with Gasteiger partial charge in [-0.3, -0.25) is 9.78 Å². The zero-order chi connectivity index (χ0) is 19.8. The summed E-state index contributed by atoms with van der Waals surface area (Å²) in [6, 6.07) is 14.5. The van der Waals surface area contributed by atoms with E-state index in [0.717, 1.165) is 29.0 Å². The molecule has 0 bridgehead atoms. The summed E-state index contributed by atoms with van der Waals surface area (Å²) in [6.45, 7) is 4.40. The largest absolute Gasteiger partial charge is 0.496 e. The third kappa shape index (κ3) is 3.05. The topological polar surface area (TPSA) is 42.4 Å². The lowest BCUT2D eigenvalue weighted by molar-refractivity contribution is 0.0783. The highest BCUT2D eigenvalue weighted by molar-refractivity contribution is 5.95. The van der Waals surface area contributed by atoms with Crippen LogP contribution in [0.3, 0.4) is 0 Å². The first-order valence-corrected chi connectivity index (χ1v) is 9.45. The van der Waals surface area contributed by atoms with E-state index in [9.17, 15) is 4.79 Å². The van der Waals surface area contributed by atoms with Crippen molar-refractivity contribution >= 4 is 5.91 Å². The van der Waals surface area contributed by atoms with Crippen LogP contribution in [0, 0.1) is 13.8 Å². The molecule has 1 heterocycles. The van der Waals surface area contributed by atoms with Crippen LogP contribution in [0.25, 0.3) is 11.1 Å². The second-order valence-electron chi connectivity index (χ2n) is 7.41. The summed E-state index contributed by atoms with van der Waals surface area (Å²) < 4.78 is 5.48. The van der Waals surface area contributed by atoms with Gasteiger partial charge in [0.2, 0.25) is 0 Å². The van der Waals surface area contributed by atoms with Gasteiger partial charge in [0.15, 0.2) is 0 Å². The van der Waals surface area contributed by atoms with E-state index in [1.54, 1.807) is 18.2 Å². The quantitative estimate of drug-likeness (QED) is 0.528. The zero-order valence-corrected chi connectivity index (χ0v) is 16.7. The van der Waals surface area contributed by atoms with E-state index < -0.39 is 0 Å². The minimum Gasteiger partial charge on any atom is -0.496 e. The van der Waals surface area contributed by atoms with Crippen molar-refractivity contribution in [1.82, 2.24) is 9.88 Å². The van der Waals surface area contributed by atoms with Crippen molar-refractivity contribution < 1.29 is 9.53 Å². The summed E-state index contributed by atoms with van der Waals surface area (Å²) in [7, 11) is 3.48. The number of rotatable bonds is 4. The van der Waals surface area contributed by atoms with Crippen LogP contribution in [0.5, 0.6) is 5.75 Å². The third-order valence-electron chi connectivity index (χ3n) is 5.52. The van der Waals surface area contributed by atoms with Gasteiger partial charge >= 0.3 is 0 Å². The molecule has 0 spiro atoms. The van der Waals surface area contributed by atoms with Gasteiger partial charge in [-0.1, -0.05) is 30.3 Å². The summed E-state index contributed by atoms with van der Waals surface area (Å²) in [5.74, 6) is 0.834. The molecule has 0 saturated heterocycles. The van der Waals surface area contributed by atoms with Gasteiger partial charge in [0.25, 0.3) is 5.91 Å². The van der Waals surface area contributed by atoms with Crippen molar-refractivity contribution in [3.63, 3.8) is 0 Å². The summed E-state index contributed by atoms with van der Waals surface area (Å²) in [5.41, 5.74) is 8.58. The lowest BCUT2D eigenvalue weighted by Gasteiger charge is -2.20. The lowest BCUT2D eigenvalue weighted by atomic mass is 10.0. The molecule has 1 amide bonds. The summed E-state index contributed by atoms with van der Waals surface area (Å²) in [4.78, 5) is 19.3. The predicted octanol–water partition coefficient (Wildman–Crippen LogP) is 4.55. The Balaban J connectivity index is 1.57. The number of nitrogens with zero attached hydrogens (tertiary/aromatic N) is 2. The van der Waals surface area contributed by atoms with E-state index in [2.05, 4.69) is 35.3 Å². The molecular weight excluding hydrogens is 348 g/mol. The maximum atomic E-state index is 13.0. The molecule has 1 aromatic heterocycles. The maximum Gasteiger partial charge on any atom is 0.253 e. The molecule has 0 fully saturated rings. The fourth-order valence-corrected chi connectivity index (χ4v) is 4.03. The average molecular weight is 372 g/mol. The number of pyridine rings is 1. The van der Waals surface area contributed by atoms with Gasteiger partial charge in [-0.25, -0.2) is 0 Å². The number of aromatic nitrogens is 1. The molecule has 0 atom stereocenters. The molecule has 1 aliphatic rings. The van der Waals surface area contributed by atoms with Crippen molar-refractivity contribution in [2.75, 3.05) is 14.2 Å². The number of hydrogen-bond acceptors (Lipinski definition) is 3. The molecule has 0 N–H and O–H groups in total. The van der Waals surface area contributed by atoms with Gasteiger partial charge in [0.1, 0.15) is 5.75 Å². The van der Waals surface area contributed by atoms with E-state index in [-0.39, 0.29) is 5.91 Å². The minimum atomic E-state index is -0.000465. The predicted molar refractivity (Wildman–Crippen MR) is 111 cm³/mol. The van der Waals surface area contributed by atoms with E-state index >= 15 is 0 Å². The smallest absolute Gasteiger partial charge is 0.253 e. The van der Waals surface area contributed by atoms with Gasteiger partial charge in [0, 0.05) is 29.9 Å². The van der Waals surface area contributed by atoms with Crippen LogP contribution in [0.1, 0.15) is 38.3 Å². The molecule has 1 aliphatic carbocycles. The first-order valence-electron chi connectivity index (χ1n) is 9.45. The standard InChI is InChI=1S/C24H24N2O2/c1-15-13-25-22(16(2)23(15)28-4)14-26(3)24(27)18-9-10-21-19(12-18)11-17-7-5-6-8-20(17)21/h5-10,12-13H,11,14H2,1-4H3. The fourth-order valence-electron chi connectivity index (χ4n) is 4.03. The molecule has 4 nitrogen and oxygen atoms in total. The number of carbonyl (C=O) groups excluding carboxylic acids is 1. The lowest BCUT2D eigenvalue weighted by Crippen LogP contribution is -2.27. The minimum absolute atomic E-state index is 0.000465. The average Bonchev–Trinajstić information content (AvgIpc) is 3.07. The summed E-state index contributed by atoms with van der Waals surface area (Å²) in [6.07, 6.45) is 2.68. The Morgan fingerprint density at radius 3 is 2.64 bits per heavy atom. The van der Waals surface area contributed by atoms with Crippen LogP contribution in [-0.4, -0.2) is 29.9 Å². The van der Waals surface area contributed by atoms with Crippen molar-refractivity contribution in [2.24, 2.45) is 0 Å². The Bertz CT molecular complexity index is 1070. The molecule has 0 aliphatic heterocycles. The van der Waals surface area contributed by atoms with Crippen molar-refractivity contribution in [2.45, 2.75) is 26.8 Å². The summed E-state index contributed by atoms with van der Waals surface area (Å²) >= 11 is 0. The van der Waals surface area contributed by atoms with E-state index in [1.807, 2.05) is 33.0 Å². The van der Waals surface area contributed by atoms with Crippen molar-refractivity contribution in [1.29, 1.82) is 0 Å². The van der Waals surface area contributed by atoms with Gasteiger partial charge in [0.05, 0.1) is 19.3 Å². The fraction of sp³-hybridized carbons (Fsp3) is 0.250. The highest BCUT2D eigenvalue weighted by atomic mass is 16.5. The Labute approximate surface area is 165 Å². The monoisotopic (exact) mass is 372 g/mol. The molecule has 2 aromatic carbocycles. The zero-order valence-electron chi connectivity index (χ0n) is 16.7. The van der Waals surface area contributed by atoms with Gasteiger partial charge < -0.3 is 9.64 Å². The molecule has 0 unspecified atom stereocenters. The van der Waals surface area contributed by atoms with E-state index in [0.29, 0.717) is 12.1 Å². The number of benzene rings is 2. The maximum absolute atomic E-state index is 13.0. The number of ether oxygens (including phenoxy) is 1. The number of hydrogen-bond donors (Lipinski definition) is 0. The molecular formula is C24H24N2O2. The first kappa shape index (κ1) is 18.2. The van der Waals surface area contributed by atoms with Gasteiger partial charge in [-0.2, -0.15) is 0 Å². The number of amides is 1. The van der Waals surface area contributed by atoms with Crippen LogP contribution in [0.2, 0.25) is 0 Å². The second-order valence-corrected chi connectivity index (χ2v) is 7.41. The molecule has 4 rings (SSSR count). The number of fused-ring (bicyclic) bond motifs is 3. The second kappa shape index (κ2) is 7.12. The Morgan fingerprint density at radius 1 is 1.11 bits per heavy atom. The molecule has 0 radical (unpaired) electrons. The third-order valence-corrected chi connectivity index (χ3v) is 5.52. The van der Waals surface area contributed by atoms with E-state index in [1.165, 1.54) is 22.3 Å². The molecule has 4 heteroatoms. The van der Waals surface area contributed by atoms with Crippen LogP contribution in [0.4, 0.5) is 0 Å². The van der Waals surface area contributed by atoms with Crippen LogP contribution < -0.4 is 4.74 Å². The Hall–Kier alpha value is -3.14. The molecule has 3 aromatic rings. The van der Waals surface area contributed by atoms with Crippen LogP contribution >= 0.6 is 0 Å². The Kier molecular flexibility index (Phi) is 4.63. The van der Waals surface area contributed by atoms with Gasteiger partial charge in [-0.05, 0) is 54.7 Å². The van der Waals surface area contributed by atoms with Gasteiger partial charge in [-0.15, -0.1) is 0 Å². The number of aryl methyl sites for hydroxylation is 1. The first-order chi connectivity index (χ1) is 13.5.